The highest BCUT2D eigenvalue weighted by atomic mass is 16.8. The average Bonchev–Trinajstić information content (AvgIpc) is 3.34. The number of carbonyl (C=O) groups excluding carboxylic acids is 1. The fourth-order valence-corrected chi connectivity index (χ4v) is 4.71. The van der Waals surface area contributed by atoms with Crippen molar-refractivity contribution in [3.8, 4) is 5.75 Å². The maximum atomic E-state index is 12.2. The third-order valence-electron chi connectivity index (χ3n) is 6.74. The molecule has 0 bridgehead atoms. The van der Waals surface area contributed by atoms with Gasteiger partial charge in [-0.2, -0.15) is 0 Å². The molecule has 1 aliphatic carbocycles. The second-order valence-electron chi connectivity index (χ2n) is 9.29. The molecule has 1 aromatic rings. The molecule has 3 unspecified atom stereocenters. The van der Waals surface area contributed by atoms with Crippen molar-refractivity contribution in [2.45, 2.75) is 76.0 Å². The molecule has 194 valence electrons. The van der Waals surface area contributed by atoms with E-state index in [1.54, 1.807) is 6.08 Å². The molecule has 35 heavy (non-hydrogen) atoms. The number of hydrogen-bond donors (Lipinski definition) is 2. The second-order valence-corrected chi connectivity index (χ2v) is 9.29. The van der Waals surface area contributed by atoms with E-state index in [0.717, 1.165) is 45.0 Å². The van der Waals surface area contributed by atoms with Crippen molar-refractivity contribution < 1.29 is 34.0 Å². The predicted molar refractivity (Wildman–Crippen MR) is 133 cm³/mol. The summed E-state index contributed by atoms with van der Waals surface area (Å²) in [5, 5.41) is 21.4. The summed E-state index contributed by atoms with van der Waals surface area (Å²) in [4.78, 5) is 12.2. The first-order valence-electron chi connectivity index (χ1n) is 12.8. The number of hydrogen-bond acceptors (Lipinski definition) is 7. The van der Waals surface area contributed by atoms with Gasteiger partial charge in [0, 0.05) is 6.61 Å². The molecular formula is C28H40O7. The van der Waals surface area contributed by atoms with Gasteiger partial charge in [-0.15, -0.1) is 0 Å². The summed E-state index contributed by atoms with van der Waals surface area (Å²) in [6.45, 7) is 1.15. The third-order valence-corrected chi connectivity index (χ3v) is 6.74. The summed E-state index contributed by atoms with van der Waals surface area (Å²) >= 11 is 0. The zero-order chi connectivity index (χ0) is 24.9. The van der Waals surface area contributed by atoms with Crippen LogP contribution in [0, 0.1) is 11.8 Å². The van der Waals surface area contributed by atoms with Crippen LogP contribution in [0.2, 0.25) is 0 Å². The van der Waals surface area contributed by atoms with Crippen LogP contribution < -0.4 is 4.74 Å². The molecule has 0 aromatic heterocycles. The maximum Gasteiger partial charge on any atom is 0.369 e. The molecule has 0 spiro atoms. The summed E-state index contributed by atoms with van der Waals surface area (Å²) < 4.78 is 21.4. The van der Waals surface area contributed by atoms with Crippen molar-refractivity contribution in [1.29, 1.82) is 0 Å². The highest BCUT2D eigenvalue weighted by molar-refractivity contribution is 5.78. The van der Waals surface area contributed by atoms with Gasteiger partial charge < -0.3 is 29.2 Å². The zero-order valence-electron chi connectivity index (χ0n) is 20.7. The smallest absolute Gasteiger partial charge is 0.369 e. The van der Waals surface area contributed by atoms with E-state index in [0.29, 0.717) is 31.5 Å². The number of carbonyl (C=O) groups is 1. The lowest BCUT2D eigenvalue weighted by molar-refractivity contribution is -0.320. The number of allylic oxidation sites excluding steroid dienone is 2. The molecule has 2 N–H and O–H groups in total. The van der Waals surface area contributed by atoms with Crippen LogP contribution in [0.4, 0.5) is 0 Å². The SMILES string of the molecule is COC(=O)C(O)(OC1CCCCO1)C(O)CC=CC[C@H]1CCC[C@@H]1C=CCCOc1ccccc1. The van der Waals surface area contributed by atoms with Gasteiger partial charge in [0.25, 0.3) is 5.79 Å². The van der Waals surface area contributed by atoms with Crippen molar-refractivity contribution in [2.24, 2.45) is 11.8 Å². The lowest BCUT2D eigenvalue weighted by Gasteiger charge is -2.34. The Bertz CT molecular complexity index is 803. The number of esters is 1. The standard InChI is InChI=1S/C28H40O7/c1-32-27(30)28(31,35-26-19-8-10-21-34-26)25(29)18-6-5-12-22-14-11-15-23(22)13-7-9-20-33-24-16-3-2-4-17-24/h2-7,13,16-17,22-23,25-26,29,31H,8-12,14-15,18-21H2,1H3/t22-,23-,25?,26?,28?/m0/s1. The van der Waals surface area contributed by atoms with Crippen LogP contribution >= 0.6 is 0 Å². The molecule has 1 saturated carbocycles. The summed E-state index contributed by atoms with van der Waals surface area (Å²) in [5.41, 5.74) is 0. The van der Waals surface area contributed by atoms with Gasteiger partial charge in [0.15, 0.2) is 6.29 Å². The molecule has 2 fully saturated rings. The Balaban J connectivity index is 1.43. The molecule has 0 radical (unpaired) electrons. The molecule has 1 saturated heterocycles. The van der Waals surface area contributed by atoms with E-state index < -0.39 is 24.2 Å². The summed E-state index contributed by atoms with van der Waals surface area (Å²) in [6, 6.07) is 9.83. The number of ether oxygens (including phenoxy) is 4. The van der Waals surface area contributed by atoms with Crippen LogP contribution in [0.25, 0.3) is 0 Å². The first kappa shape index (κ1) is 27.4. The van der Waals surface area contributed by atoms with E-state index in [9.17, 15) is 15.0 Å². The van der Waals surface area contributed by atoms with Gasteiger partial charge in [0.05, 0.1) is 13.7 Å². The number of methoxy groups -OCH3 is 1. The number of rotatable bonds is 13. The molecule has 7 nitrogen and oxygen atoms in total. The number of aliphatic hydroxyl groups is 2. The maximum absolute atomic E-state index is 12.2. The van der Waals surface area contributed by atoms with Crippen molar-refractivity contribution >= 4 is 5.97 Å². The van der Waals surface area contributed by atoms with E-state index in [2.05, 4.69) is 16.9 Å². The van der Waals surface area contributed by atoms with Gasteiger partial charge in [0.1, 0.15) is 11.9 Å². The van der Waals surface area contributed by atoms with Gasteiger partial charge in [-0.1, -0.05) is 48.9 Å². The third kappa shape index (κ3) is 8.46. The van der Waals surface area contributed by atoms with Crippen LogP contribution in [0.5, 0.6) is 5.75 Å². The Kier molecular flexibility index (Phi) is 11.3. The summed E-state index contributed by atoms with van der Waals surface area (Å²) in [6.07, 6.45) is 13.8. The monoisotopic (exact) mass is 488 g/mol. The van der Waals surface area contributed by atoms with Crippen LogP contribution in [0.15, 0.2) is 54.6 Å². The Labute approximate surface area is 208 Å². The predicted octanol–water partition coefficient (Wildman–Crippen LogP) is 4.53. The Morgan fingerprint density at radius 3 is 2.71 bits per heavy atom. The minimum absolute atomic E-state index is 0.0718. The lowest BCUT2D eigenvalue weighted by Crippen LogP contribution is -2.54. The fraction of sp³-hybridized carbons (Fsp3) is 0.607. The second kappa shape index (κ2) is 14.4. The van der Waals surface area contributed by atoms with E-state index in [4.69, 9.17) is 14.2 Å². The van der Waals surface area contributed by atoms with Crippen LogP contribution in [0.3, 0.4) is 0 Å². The van der Waals surface area contributed by atoms with E-state index in [1.807, 2.05) is 36.4 Å². The van der Waals surface area contributed by atoms with E-state index in [1.165, 1.54) is 12.8 Å². The Morgan fingerprint density at radius 1 is 1.14 bits per heavy atom. The Hall–Kier alpha value is -2.19. The molecular weight excluding hydrogens is 448 g/mol. The molecule has 0 amide bonds. The van der Waals surface area contributed by atoms with Crippen molar-refractivity contribution in [1.82, 2.24) is 0 Å². The van der Waals surface area contributed by atoms with Crippen molar-refractivity contribution in [2.75, 3.05) is 20.3 Å². The zero-order valence-corrected chi connectivity index (χ0v) is 20.7. The highest BCUT2D eigenvalue weighted by Crippen LogP contribution is 2.35. The number of para-hydroxylation sites is 1. The first-order valence-corrected chi connectivity index (χ1v) is 12.8. The average molecular weight is 489 g/mol. The summed E-state index contributed by atoms with van der Waals surface area (Å²) in [5.74, 6) is -1.52. The molecule has 5 atom stereocenters. The van der Waals surface area contributed by atoms with Crippen LogP contribution in [0.1, 0.15) is 57.8 Å². The van der Waals surface area contributed by atoms with Gasteiger partial charge in [-0.3, -0.25) is 0 Å². The number of aliphatic hydroxyl groups excluding tert-OH is 1. The minimum Gasteiger partial charge on any atom is -0.493 e. The van der Waals surface area contributed by atoms with Gasteiger partial charge in [0.2, 0.25) is 0 Å². The molecule has 2 aliphatic rings. The molecule has 7 heteroatoms. The fourth-order valence-electron chi connectivity index (χ4n) is 4.71. The molecule has 1 aliphatic heterocycles. The topological polar surface area (TPSA) is 94.5 Å². The molecule has 1 heterocycles. The Morgan fingerprint density at radius 2 is 1.97 bits per heavy atom. The minimum atomic E-state index is -2.46. The lowest BCUT2D eigenvalue weighted by atomic mass is 9.92. The van der Waals surface area contributed by atoms with E-state index in [-0.39, 0.29) is 6.42 Å². The van der Waals surface area contributed by atoms with Crippen LogP contribution in [-0.4, -0.2) is 54.7 Å². The highest BCUT2D eigenvalue weighted by Gasteiger charge is 2.48. The number of benzene rings is 1. The van der Waals surface area contributed by atoms with E-state index >= 15 is 0 Å². The largest absolute Gasteiger partial charge is 0.493 e. The molecule has 3 rings (SSSR count). The summed E-state index contributed by atoms with van der Waals surface area (Å²) in [7, 11) is 1.16. The first-order chi connectivity index (χ1) is 17.0. The van der Waals surface area contributed by atoms with Gasteiger partial charge in [-0.25, -0.2) is 4.79 Å². The quantitative estimate of drug-likeness (QED) is 0.182. The van der Waals surface area contributed by atoms with Gasteiger partial charge in [-0.05, 0) is 75.3 Å². The normalized spacial score (nSPS) is 25.5. The van der Waals surface area contributed by atoms with Crippen molar-refractivity contribution in [3.05, 3.63) is 54.6 Å². The van der Waals surface area contributed by atoms with Crippen LogP contribution in [-0.2, 0) is 19.0 Å². The van der Waals surface area contributed by atoms with Gasteiger partial charge >= 0.3 is 5.97 Å². The molecule has 1 aromatic carbocycles. The van der Waals surface area contributed by atoms with Crippen molar-refractivity contribution in [3.63, 3.8) is 0 Å².